The van der Waals surface area contributed by atoms with Crippen LogP contribution in [-0.4, -0.2) is 24.0 Å². The van der Waals surface area contributed by atoms with E-state index in [2.05, 4.69) is 18.7 Å². The molecular formula is C17H24FN3. The highest BCUT2D eigenvalue weighted by molar-refractivity contribution is 5.36. The molecule has 1 aliphatic rings. The maximum atomic E-state index is 13.6. The van der Waals surface area contributed by atoms with Crippen molar-refractivity contribution in [1.29, 1.82) is 5.26 Å². The van der Waals surface area contributed by atoms with Gasteiger partial charge < -0.3 is 5.73 Å². The molecule has 1 saturated heterocycles. The minimum absolute atomic E-state index is 0.122. The molecule has 0 aliphatic carbocycles. The van der Waals surface area contributed by atoms with Crippen molar-refractivity contribution >= 4 is 0 Å². The minimum Gasteiger partial charge on any atom is -0.330 e. The van der Waals surface area contributed by atoms with Gasteiger partial charge in [-0.1, -0.05) is 12.5 Å². The van der Waals surface area contributed by atoms with Gasteiger partial charge in [0.15, 0.2) is 0 Å². The molecule has 0 aromatic heterocycles. The number of nitriles is 1. The first-order chi connectivity index (χ1) is 10.1. The van der Waals surface area contributed by atoms with E-state index in [9.17, 15) is 4.39 Å². The summed E-state index contributed by atoms with van der Waals surface area (Å²) in [4.78, 5) is 2.44. The van der Waals surface area contributed by atoms with Gasteiger partial charge in [0.2, 0.25) is 0 Å². The van der Waals surface area contributed by atoms with E-state index in [4.69, 9.17) is 11.0 Å². The van der Waals surface area contributed by atoms with E-state index in [1.54, 1.807) is 6.07 Å². The van der Waals surface area contributed by atoms with Crippen molar-refractivity contribution in [2.24, 2.45) is 11.7 Å². The number of benzene rings is 1. The normalized spacial score (nSPS) is 23.8. The molecule has 2 N–H and O–H groups in total. The number of halogens is 1. The second-order valence-electron chi connectivity index (χ2n) is 6.12. The zero-order valence-electron chi connectivity index (χ0n) is 12.8. The predicted octanol–water partition coefficient (Wildman–Crippen LogP) is 3.21. The topological polar surface area (TPSA) is 53.0 Å². The van der Waals surface area contributed by atoms with Gasteiger partial charge in [-0.05, 0) is 63.4 Å². The molecule has 114 valence electrons. The van der Waals surface area contributed by atoms with Crippen LogP contribution in [0.15, 0.2) is 18.2 Å². The third kappa shape index (κ3) is 3.42. The lowest BCUT2D eigenvalue weighted by atomic mass is 9.88. The van der Waals surface area contributed by atoms with Crippen molar-refractivity contribution in [2.75, 3.05) is 13.1 Å². The molecule has 2 atom stereocenters. The molecule has 0 saturated carbocycles. The summed E-state index contributed by atoms with van der Waals surface area (Å²) in [6.07, 6.45) is 3.43. The molecule has 1 aromatic carbocycles. The second-order valence-corrected chi connectivity index (χ2v) is 6.12. The van der Waals surface area contributed by atoms with Crippen molar-refractivity contribution < 1.29 is 4.39 Å². The van der Waals surface area contributed by atoms with Crippen LogP contribution in [0, 0.1) is 23.1 Å². The van der Waals surface area contributed by atoms with E-state index in [0.29, 0.717) is 18.5 Å². The second kappa shape index (κ2) is 7.02. The summed E-state index contributed by atoms with van der Waals surface area (Å²) in [5.74, 6) is -0.0952. The Morgan fingerprint density at radius 2 is 2.19 bits per heavy atom. The standard InChI is InChI=1S/C17H24FN3/c1-12(2)21-8-4-3-5-14(10-19)17(21)13-6-7-16(18)15(9-13)11-20/h6-7,9,12,14,17H,3-5,8,10,19H2,1-2H3. The molecule has 1 aromatic rings. The summed E-state index contributed by atoms with van der Waals surface area (Å²) in [6.45, 7) is 6.01. The molecular weight excluding hydrogens is 265 g/mol. The lowest BCUT2D eigenvalue weighted by molar-refractivity contribution is 0.121. The molecule has 0 bridgehead atoms. The Labute approximate surface area is 126 Å². The zero-order chi connectivity index (χ0) is 15.4. The van der Waals surface area contributed by atoms with Gasteiger partial charge in [0.1, 0.15) is 11.9 Å². The van der Waals surface area contributed by atoms with Crippen LogP contribution in [0.25, 0.3) is 0 Å². The van der Waals surface area contributed by atoms with Crippen LogP contribution >= 0.6 is 0 Å². The Bertz CT molecular complexity index is 521. The van der Waals surface area contributed by atoms with Gasteiger partial charge in [-0.15, -0.1) is 0 Å². The number of hydrogen-bond acceptors (Lipinski definition) is 3. The number of hydrogen-bond donors (Lipinski definition) is 1. The third-order valence-corrected chi connectivity index (χ3v) is 4.46. The molecule has 0 spiro atoms. The molecule has 2 unspecified atom stereocenters. The number of likely N-dealkylation sites (tertiary alicyclic amines) is 1. The van der Waals surface area contributed by atoms with E-state index in [0.717, 1.165) is 24.9 Å². The average Bonchev–Trinajstić information content (AvgIpc) is 2.70. The summed E-state index contributed by atoms with van der Waals surface area (Å²) in [5.41, 5.74) is 7.13. The van der Waals surface area contributed by atoms with E-state index in [1.165, 1.54) is 12.5 Å². The highest BCUT2D eigenvalue weighted by atomic mass is 19.1. The first kappa shape index (κ1) is 15.9. The molecule has 0 amide bonds. The highest BCUT2D eigenvalue weighted by Gasteiger charge is 2.32. The van der Waals surface area contributed by atoms with Crippen LogP contribution in [0.3, 0.4) is 0 Å². The molecule has 1 fully saturated rings. The molecule has 2 rings (SSSR count). The Morgan fingerprint density at radius 1 is 1.43 bits per heavy atom. The maximum Gasteiger partial charge on any atom is 0.140 e. The van der Waals surface area contributed by atoms with Crippen LogP contribution < -0.4 is 5.73 Å². The van der Waals surface area contributed by atoms with E-state index >= 15 is 0 Å². The Morgan fingerprint density at radius 3 is 2.81 bits per heavy atom. The largest absolute Gasteiger partial charge is 0.330 e. The van der Waals surface area contributed by atoms with Crippen molar-refractivity contribution in [3.05, 3.63) is 35.1 Å². The van der Waals surface area contributed by atoms with Gasteiger partial charge in [-0.25, -0.2) is 4.39 Å². The lowest BCUT2D eigenvalue weighted by Crippen LogP contribution is -2.40. The first-order valence-corrected chi connectivity index (χ1v) is 7.73. The third-order valence-electron chi connectivity index (χ3n) is 4.46. The van der Waals surface area contributed by atoms with E-state index in [-0.39, 0.29) is 11.6 Å². The fourth-order valence-electron chi connectivity index (χ4n) is 3.37. The van der Waals surface area contributed by atoms with Crippen LogP contribution in [0.4, 0.5) is 4.39 Å². The van der Waals surface area contributed by atoms with Crippen molar-refractivity contribution in [3.8, 4) is 6.07 Å². The van der Waals surface area contributed by atoms with Crippen LogP contribution in [0.5, 0.6) is 0 Å². The average molecular weight is 289 g/mol. The predicted molar refractivity (Wildman–Crippen MR) is 82.1 cm³/mol. The fourth-order valence-corrected chi connectivity index (χ4v) is 3.37. The molecule has 3 nitrogen and oxygen atoms in total. The fraction of sp³-hybridized carbons (Fsp3) is 0.588. The Hall–Kier alpha value is -1.44. The zero-order valence-corrected chi connectivity index (χ0v) is 12.8. The monoisotopic (exact) mass is 289 g/mol. The van der Waals surface area contributed by atoms with Crippen molar-refractivity contribution in [1.82, 2.24) is 4.90 Å². The van der Waals surface area contributed by atoms with Crippen LogP contribution in [0.2, 0.25) is 0 Å². The summed E-state index contributed by atoms with van der Waals surface area (Å²) in [7, 11) is 0. The van der Waals surface area contributed by atoms with Gasteiger partial charge in [-0.2, -0.15) is 5.26 Å². The van der Waals surface area contributed by atoms with E-state index < -0.39 is 5.82 Å². The minimum atomic E-state index is -0.449. The SMILES string of the molecule is CC(C)N1CCCCC(CN)C1c1ccc(F)c(C#N)c1. The van der Waals surface area contributed by atoms with Crippen molar-refractivity contribution in [3.63, 3.8) is 0 Å². The van der Waals surface area contributed by atoms with Gasteiger partial charge in [-0.3, -0.25) is 4.90 Å². The molecule has 1 heterocycles. The lowest BCUT2D eigenvalue weighted by Gasteiger charge is -2.38. The van der Waals surface area contributed by atoms with Crippen molar-refractivity contribution in [2.45, 2.75) is 45.2 Å². The number of nitrogens with zero attached hydrogens (tertiary/aromatic N) is 2. The maximum absolute atomic E-state index is 13.6. The highest BCUT2D eigenvalue weighted by Crippen LogP contribution is 2.36. The first-order valence-electron chi connectivity index (χ1n) is 7.73. The number of rotatable bonds is 3. The molecule has 4 heteroatoms. The Kier molecular flexibility index (Phi) is 5.33. The summed E-state index contributed by atoms with van der Waals surface area (Å²) >= 11 is 0. The van der Waals surface area contributed by atoms with Gasteiger partial charge in [0.05, 0.1) is 5.56 Å². The smallest absolute Gasteiger partial charge is 0.140 e. The van der Waals surface area contributed by atoms with Gasteiger partial charge in [0.25, 0.3) is 0 Å². The number of nitrogens with two attached hydrogens (primary N) is 1. The van der Waals surface area contributed by atoms with Crippen LogP contribution in [0.1, 0.15) is 50.3 Å². The molecule has 1 aliphatic heterocycles. The molecule has 0 radical (unpaired) electrons. The van der Waals surface area contributed by atoms with E-state index in [1.807, 2.05) is 12.1 Å². The van der Waals surface area contributed by atoms with Gasteiger partial charge in [0, 0.05) is 12.1 Å². The molecule has 21 heavy (non-hydrogen) atoms. The summed E-state index contributed by atoms with van der Waals surface area (Å²) < 4.78 is 13.6. The van der Waals surface area contributed by atoms with Gasteiger partial charge >= 0.3 is 0 Å². The van der Waals surface area contributed by atoms with Crippen LogP contribution in [-0.2, 0) is 0 Å². The Balaban J connectivity index is 2.45. The summed E-state index contributed by atoms with van der Waals surface area (Å²) in [6, 6.07) is 7.43. The quantitative estimate of drug-likeness (QED) is 0.929. The summed E-state index contributed by atoms with van der Waals surface area (Å²) in [5, 5.41) is 9.07.